The number of rotatable bonds is 9. The van der Waals surface area contributed by atoms with E-state index in [1.54, 1.807) is 49.9 Å². The van der Waals surface area contributed by atoms with Crippen LogP contribution in [-0.2, 0) is 21.4 Å². The quantitative estimate of drug-likeness (QED) is 0.497. The molecular formula is C23H27FN4O4S. The number of imidazole rings is 1. The summed E-state index contributed by atoms with van der Waals surface area (Å²) >= 11 is 0. The molecule has 0 radical (unpaired) electrons. The lowest BCUT2D eigenvalue weighted by Gasteiger charge is -2.22. The Labute approximate surface area is 192 Å². The number of hydrogen-bond donors (Lipinski definition) is 2. The number of carbonyl (C=O) groups excluding carboxylic acids is 1. The third-order valence-corrected chi connectivity index (χ3v) is 6.62. The van der Waals surface area contributed by atoms with E-state index < -0.39 is 27.8 Å². The van der Waals surface area contributed by atoms with Gasteiger partial charge in [-0.15, -0.1) is 0 Å². The maximum absolute atomic E-state index is 14.6. The van der Waals surface area contributed by atoms with Crippen molar-refractivity contribution in [2.75, 3.05) is 7.11 Å². The predicted molar refractivity (Wildman–Crippen MR) is 122 cm³/mol. The summed E-state index contributed by atoms with van der Waals surface area (Å²) in [5, 5.41) is 2.69. The number of halogens is 1. The average molecular weight is 475 g/mol. The fourth-order valence-corrected chi connectivity index (χ4v) is 4.61. The number of methoxy groups -OCH3 is 1. The number of ether oxygens (including phenoxy) is 1. The molecule has 33 heavy (non-hydrogen) atoms. The fraction of sp³-hybridized carbons (Fsp3) is 0.304. The molecule has 0 aliphatic carbocycles. The Balaban J connectivity index is 1.69. The number of amides is 1. The standard InChI is InChI=1S/C23H27FN4O4S/c1-15(2)22(27-33(30,31)19-8-6-18(32-4)7-9-19)23(29)26-14-17-5-10-21(20(24)13-17)28-12-11-25-16(28)3/h5-13,15,22,27H,14H2,1-4H3,(H,26,29)/t22-/m0/s1. The molecule has 2 aromatic carbocycles. The SMILES string of the molecule is COc1ccc(S(=O)(=O)N[C@H](C(=O)NCc2ccc(-n3ccnc3C)c(F)c2)C(C)C)cc1. The summed E-state index contributed by atoms with van der Waals surface area (Å²) in [5.74, 6) is -0.103. The molecule has 176 valence electrons. The predicted octanol–water partition coefficient (Wildman–Crippen LogP) is 2.95. The van der Waals surface area contributed by atoms with Crippen LogP contribution in [0.2, 0.25) is 0 Å². The van der Waals surface area contributed by atoms with Gasteiger partial charge in [-0.05, 0) is 54.8 Å². The fourth-order valence-electron chi connectivity index (χ4n) is 3.27. The summed E-state index contributed by atoms with van der Waals surface area (Å²) in [7, 11) is -2.45. The van der Waals surface area contributed by atoms with Gasteiger partial charge in [-0.3, -0.25) is 4.79 Å². The lowest BCUT2D eigenvalue weighted by atomic mass is 10.0. The van der Waals surface area contributed by atoms with Crippen LogP contribution in [0.5, 0.6) is 5.75 Å². The number of carbonyl (C=O) groups is 1. The molecule has 0 aliphatic heterocycles. The second-order valence-corrected chi connectivity index (χ2v) is 9.58. The molecule has 0 bridgehead atoms. The molecule has 2 N–H and O–H groups in total. The van der Waals surface area contributed by atoms with Crippen LogP contribution in [0.3, 0.4) is 0 Å². The largest absolute Gasteiger partial charge is 0.497 e. The molecule has 1 atom stereocenters. The van der Waals surface area contributed by atoms with Crippen LogP contribution >= 0.6 is 0 Å². The summed E-state index contributed by atoms with van der Waals surface area (Å²) in [6, 6.07) is 9.51. The summed E-state index contributed by atoms with van der Waals surface area (Å²) in [6.07, 6.45) is 3.25. The van der Waals surface area contributed by atoms with Gasteiger partial charge in [0.1, 0.15) is 23.4 Å². The molecule has 1 amide bonds. The van der Waals surface area contributed by atoms with Gasteiger partial charge in [-0.1, -0.05) is 19.9 Å². The average Bonchev–Trinajstić information content (AvgIpc) is 3.21. The molecule has 3 rings (SSSR count). The molecule has 0 saturated heterocycles. The van der Waals surface area contributed by atoms with Crippen molar-refractivity contribution in [3.63, 3.8) is 0 Å². The third kappa shape index (κ3) is 5.77. The molecule has 1 heterocycles. The zero-order valence-electron chi connectivity index (χ0n) is 18.9. The first-order valence-corrected chi connectivity index (χ1v) is 11.8. The minimum absolute atomic E-state index is 0.0224. The Kier molecular flexibility index (Phi) is 7.50. The molecule has 0 aliphatic rings. The highest BCUT2D eigenvalue weighted by Gasteiger charge is 2.28. The van der Waals surface area contributed by atoms with Crippen molar-refractivity contribution < 1.29 is 22.3 Å². The van der Waals surface area contributed by atoms with Gasteiger partial charge in [0.05, 0.1) is 17.7 Å². The number of nitrogens with one attached hydrogen (secondary N) is 2. The second-order valence-electron chi connectivity index (χ2n) is 7.87. The van der Waals surface area contributed by atoms with Gasteiger partial charge >= 0.3 is 0 Å². The minimum Gasteiger partial charge on any atom is -0.497 e. The molecule has 3 aromatic rings. The smallest absolute Gasteiger partial charge is 0.241 e. The minimum atomic E-state index is -3.93. The first-order chi connectivity index (χ1) is 15.6. The van der Waals surface area contributed by atoms with Crippen molar-refractivity contribution in [1.29, 1.82) is 0 Å². The highest BCUT2D eigenvalue weighted by Crippen LogP contribution is 2.18. The van der Waals surface area contributed by atoms with Crippen LogP contribution in [-0.4, -0.2) is 37.0 Å². The van der Waals surface area contributed by atoms with Crippen molar-refractivity contribution >= 4 is 15.9 Å². The van der Waals surface area contributed by atoms with E-state index in [0.29, 0.717) is 22.8 Å². The third-order valence-electron chi connectivity index (χ3n) is 5.17. The monoisotopic (exact) mass is 474 g/mol. The Hall–Kier alpha value is -3.24. The summed E-state index contributed by atoms with van der Waals surface area (Å²) < 4.78 is 49.3. The van der Waals surface area contributed by atoms with E-state index in [4.69, 9.17) is 4.74 Å². The summed E-state index contributed by atoms with van der Waals surface area (Å²) in [4.78, 5) is 16.9. The molecule has 0 spiro atoms. The van der Waals surface area contributed by atoms with Gasteiger partial charge < -0.3 is 14.6 Å². The number of hydrogen-bond acceptors (Lipinski definition) is 5. The summed E-state index contributed by atoms with van der Waals surface area (Å²) in [6.45, 7) is 5.30. The molecule has 0 unspecified atom stereocenters. The van der Waals surface area contributed by atoms with Gasteiger partial charge in [0.25, 0.3) is 0 Å². The van der Waals surface area contributed by atoms with E-state index in [-0.39, 0.29) is 17.4 Å². The van der Waals surface area contributed by atoms with Crippen LogP contribution < -0.4 is 14.8 Å². The van der Waals surface area contributed by atoms with Gasteiger partial charge in [0.2, 0.25) is 15.9 Å². The number of aromatic nitrogens is 2. The van der Waals surface area contributed by atoms with E-state index >= 15 is 0 Å². The topological polar surface area (TPSA) is 102 Å². The highest BCUT2D eigenvalue weighted by molar-refractivity contribution is 7.89. The van der Waals surface area contributed by atoms with E-state index in [2.05, 4.69) is 15.0 Å². The molecule has 8 nitrogen and oxygen atoms in total. The van der Waals surface area contributed by atoms with Crippen LogP contribution in [0.4, 0.5) is 4.39 Å². The zero-order chi connectivity index (χ0) is 24.2. The molecular weight excluding hydrogens is 447 g/mol. The van der Waals surface area contributed by atoms with Crippen LogP contribution in [0, 0.1) is 18.7 Å². The lowest BCUT2D eigenvalue weighted by molar-refractivity contribution is -0.123. The molecule has 0 fully saturated rings. The highest BCUT2D eigenvalue weighted by atomic mass is 32.2. The lowest BCUT2D eigenvalue weighted by Crippen LogP contribution is -2.49. The van der Waals surface area contributed by atoms with Crippen molar-refractivity contribution in [3.8, 4) is 11.4 Å². The Morgan fingerprint density at radius 2 is 1.88 bits per heavy atom. The second kappa shape index (κ2) is 10.1. The van der Waals surface area contributed by atoms with E-state index in [1.165, 1.54) is 37.4 Å². The van der Waals surface area contributed by atoms with Gasteiger partial charge in [0, 0.05) is 18.9 Å². The van der Waals surface area contributed by atoms with Gasteiger partial charge in [-0.2, -0.15) is 4.72 Å². The number of sulfonamides is 1. The normalized spacial score (nSPS) is 12.5. The number of aryl methyl sites for hydroxylation is 1. The van der Waals surface area contributed by atoms with E-state index in [9.17, 15) is 17.6 Å². The zero-order valence-corrected chi connectivity index (χ0v) is 19.7. The summed E-state index contributed by atoms with van der Waals surface area (Å²) in [5.41, 5.74) is 0.898. The maximum Gasteiger partial charge on any atom is 0.241 e. The molecule has 1 aromatic heterocycles. The Morgan fingerprint density at radius 3 is 2.42 bits per heavy atom. The van der Waals surface area contributed by atoms with E-state index in [0.717, 1.165) is 0 Å². The maximum atomic E-state index is 14.6. The van der Waals surface area contributed by atoms with Crippen LogP contribution in [0.15, 0.2) is 59.8 Å². The first-order valence-electron chi connectivity index (χ1n) is 10.3. The van der Waals surface area contributed by atoms with Crippen molar-refractivity contribution in [1.82, 2.24) is 19.6 Å². The van der Waals surface area contributed by atoms with E-state index in [1.807, 2.05) is 0 Å². The number of nitrogens with zero attached hydrogens (tertiary/aromatic N) is 2. The van der Waals surface area contributed by atoms with Crippen LogP contribution in [0.25, 0.3) is 5.69 Å². The molecule has 0 saturated carbocycles. The Morgan fingerprint density at radius 1 is 1.18 bits per heavy atom. The van der Waals surface area contributed by atoms with Crippen molar-refractivity contribution in [3.05, 3.63) is 72.1 Å². The van der Waals surface area contributed by atoms with Gasteiger partial charge in [0.15, 0.2) is 0 Å². The van der Waals surface area contributed by atoms with Crippen molar-refractivity contribution in [2.24, 2.45) is 5.92 Å². The Bertz CT molecular complexity index is 1220. The number of benzene rings is 2. The van der Waals surface area contributed by atoms with Gasteiger partial charge in [-0.25, -0.2) is 17.8 Å². The van der Waals surface area contributed by atoms with Crippen molar-refractivity contribution in [2.45, 2.75) is 38.3 Å². The van der Waals surface area contributed by atoms with Crippen LogP contribution in [0.1, 0.15) is 25.2 Å². The molecule has 10 heteroatoms. The first kappa shape index (κ1) is 24.4.